The van der Waals surface area contributed by atoms with Crippen molar-refractivity contribution in [3.63, 3.8) is 0 Å². The molecular weight excluding hydrogens is 132 g/mol. The van der Waals surface area contributed by atoms with Gasteiger partial charge in [-0.3, -0.25) is 4.79 Å². The fourth-order valence-corrected chi connectivity index (χ4v) is 0.630. The maximum Gasteiger partial charge on any atom is 0.148 e. The van der Waals surface area contributed by atoms with Crippen molar-refractivity contribution < 1.29 is 9.90 Å². The molecular formula is C6H14N2O2. The minimum absolute atomic E-state index is 0.0256. The zero-order valence-electron chi connectivity index (χ0n) is 6.08. The van der Waals surface area contributed by atoms with Crippen LogP contribution in [0.1, 0.15) is 13.3 Å². The molecule has 0 aliphatic heterocycles. The predicted octanol–water partition coefficient (Wildman–Crippen LogP) is -1.39. The van der Waals surface area contributed by atoms with Crippen LogP contribution in [0, 0.1) is 0 Å². The molecule has 0 amide bonds. The first kappa shape index (κ1) is 9.55. The Morgan fingerprint density at radius 1 is 1.60 bits per heavy atom. The van der Waals surface area contributed by atoms with Crippen LogP contribution in [0.3, 0.4) is 0 Å². The highest BCUT2D eigenvalue weighted by Gasteiger charge is 2.16. The van der Waals surface area contributed by atoms with E-state index in [4.69, 9.17) is 16.6 Å². The van der Waals surface area contributed by atoms with Gasteiger partial charge in [0.05, 0.1) is 6.04 Å². The molecule has 0 aliphatic rings. The Morgan fingerprint density at radius 3 is 2.40 bits per heavy atom. The van der Waals surface area contributed by atoms with Crippen LogP contribution in [-0.4, -0.2) is 29.6 Å². The van der Waals surface area contributed by atoms with E-state index >= 15 is 0 Å². The third kappa shape index (κ3) is 2.91. The normalized spacial score (nSPS) is 16.4. The lowest BCUT2D eigenvalue weighted by atomic mass is 10.0. The van der Waals surface area contributed by atoms with E-state index in [0.29, 0.717) is 6.42 Å². The molecule has 0 heterocycles. The van der Waals surface area contributed by atoms with Gasteiger partial charge < -0.3 is 16.6 Å². The van der Waals surface area contributed by atoms with Crippen LogP contribution in [0.15, 0.2) is 0 Å². The molecule has 0 aromatic heterocycles. The van der Waals surface area contributed by atoms with Gasteiger partial charge in [-0.15, -0.1) is 0 Å². The summed E-state index contributed by atoms with van der Waals surface area (Å²) in [7, 11) is 0. The number of carbonyl (C=O) groups excluding carboxylic acids is 1. The molecule has 0 saturated heterocycles. The molecule has 10 heavy (non-hydrogen) atoms. The highest BCUT2D eigenvalue weighted by Crippen LogP contribution is 1.93. The van der Waals surface area contributed by atoms with Crippen molar-refractivity contribution in [2.75, 3.05) is 6.61 Å². The second kappa shape index (κ2) is 4.38. The second-order valence-corrected chi connectivity index (χ2v) is 2.31. The molecule has 0 fully saturated rings. The lowest BCUT2D eigenvalue weighted by molar-refractivity contribution is -0.118. The monoisotopic (exact) mass is 146 g/mol. The van der Waals surface area contributed by atoms with E-state index in [1.165, 1.54) is 6.92 Å². The van der Waals surface area contributed by atoms with Gasteiger partial charge in [-0.1, -0.05) is 0 Å². The van der Waals surface area contributed by atoms with E-state index < -0.39 is 12.1 Å². The molecule has 0 saturated carbocycles. The number of rotatable bonds is 4. The average Bonchev–Trinajstić information content (AvgIpc) is 1.87. The van der Waals surface area contributed by atoms with Crippen molar-refractivity contribution in [3.8, 4) is 0 Å². The lowest BCUT2D eigenvalue weighted by Gasteiger charge is -2.15. The molecule has 0 aromatic rings. The SMILES string of the molecule is CC(=O)[C@H](N)C(N)CCO. The number of aliphatic hydroxyl groups excluding tert-OH is 1. The third-order valence-electron chi connectivity index (χ3n) is 1.39. The van der Waals surface area contributed by atoms with E-state index in [0.717, 1.165) is 0 Å². The highest BCUT2D eigenvalue weighted by atomic mass is 16.3. The Kier molecular flexibility index (Phi) is 4.18. The molecule has 2 atom stereocenters. The first-order chi connectivity index (χ1) is 4.59. The molecule has 0 aromatic carbocycles. The molecule has 0 rings (SSSR count). The summed E-state index contributed by atoms with van der Waals surface area (Å²) in [5.41, 5.74) is 10.8. The van der Waals surface area contributed by atoms with Gasteiger partial charge in [-0.25, -0.2) is 0 Å². The molecule has 1 unspecified atom stereocenters. The number of hydrogen-bond acceptors (Lipinski definition) is 4. The van der Waals surface area contributed by atoms with Crippen molar-refractivity contribution in [2.45, 2.75) is 25.4 Å². The Hall–Kier alpha value is -0.450. The standard InChI is InChI=1S/C6H14N2O2/c1-4(10)6(8)5(7)2-3-9/h5-6,9H,2-3,7-8H2,1H3/t5?,6-/m0/s1. The van der Waals surface area contributed by atoms with Crippen LogP contribution in [0.2, 0.25) is 0 Å². The van der Waals surface area contributed by atoms with Crippen LogP contribution in [0.25, 0.3) is 0 Å². The Morgan fingerprint density at radius 2 is 2.10 bits per heavy atom. The minimum Gasteiger partial charge on any atom is -0.396 e. The Balaban J connectivity index is 3.69. The Bertz CT molecular complexity index is 116. The van der Waals surface area contributed by atoms with E-state index in [2.05, 4.69) is 0 Å². The molecule has 4 heteroatoms. The zero-order valence-corrected chi connectivity index (χ0v) is 6.08. The molecule has 0 bridgehead atoms. The summed E-state index contributed by atoms with van der Waals surface area (Å²) in [4.78, 5) is 10.6. The molecule has 0 radical (unpaired) electrons. The molecule has 4 nitrogen and oxygen atoms in total. The van der Waals surface area contributed by atoms with E-state index in [9.17, 15) is 4.79 Å². The average molecular weight is 146 g/mol. The second-order valence-electron chi connectivity index (χ2n) is 2.31. The molecule has 0 aliphatic carbocycles. The fraction of sp³-hybridized carbons (Fsp3) is 0.833. The lowest BCUT2D eigenvalue weighted by Crippen LogP contribution is -2.46. The number of Topliss-reactive ketones (excluding diaryl/α,β-unsaturated/α-hetero) is 1. The number of hydrogen-bond donors (Lipinski definition) is 3. The maximum atomic E-state index is 10.6. The van der Waals surface area contributed by atoms with Crippen LogP contribution in [0.5, 0.6) is 0 Å². The fourth-order valence-electron chi connectivity index (χ4n) is 0.630. The van der Waals surface area contributed by atoms with Crippen LogP contribution in [-0.2, 0) is 4.79 Å². The number of nitrogens with two attached hydrogens (primary N) is 2. The predicted molar refractivity (Wildman–Crippen MR) is 38.3 cm³/mol. The number of ketones is 1. The van der Waals surface area contributed by atoms with Crippen LogP contribution >= 0.6 is 0 Å². The quantitative estimate of drug-likeness (QED) is 0.455. The largest absolute Gasteiger partial charge is 0.396 e. The minimum atomic E-state index is -0.632. The van der Waals surface area contributed by atoms with Crippen LogP contribution < -0.4 is 11.5 Å². The summed E-state index contributed by atoms with van der Waals surface area (Å²) >= 11 is 0. The first-order valence-corrected chi connectivity index (χ1v) is 3.22. The van der Waals surface area contributed by atoms with Gasteiger partial charge >= 0.3 is 0 Å². The smallest absolute Gasteiger partial charge is 0.148 e. The first-order valence-electron chi connectivity index (χ1n) is 3.22. The summed E-state index contributed by atoms with van der Waals surface area (Å²) in [6.45, 7) is 1.37. The van der Waals surface area contributed by atoms with E-state index in [1.807, 2.05) is 0 Å². The summed E-state index contributed by atoms with van der Waals surface area (Å²) in [5.74, 6) is -0.138. The van der Waals surface area contributed by atoms with Crippen molar-refractivity contribution in [3.05, 3.63) is 0 Å². The Labute approximate surface area is 60.2 Å². The van der Waals surface area contributed by atoms with E-state index in [1.54, 1.807) is 0 Å². The van der Waals surface area contributed by atoms with E-state index in [-0.39, 0.29) is 12.4 Å². The molecule has 60 valence electrons. The number of aliphatic hydroxyl groups is 1. The summed E-state index contributed by atoms with van der Waals surface area (Å²) in [6.07, 6.45) is 0.376. The highest BCUT2D eigenvalue weighted by molar-refractivity contribution is 5.81. The third-order valence-corrected chi connectivity index (χ3v) is 1.39. The van der Waals surface area contributed by atoms with Crippen molar-refractivity contribution in [2.24, 2.45) is 11.5 Å². The summed E-state index contributed by atoms with van der Waals surface area (Å²) in [6, 6.07) is -1.05. The summed E-state index contributed by atoms with van der Waals surface area (Å²) in [5, 5.41) is 8.42. The van der Waals surface area contributed by atoms with Gasteiger partial charge in [0.15, 0.2) is 0 Å². The van der Waals surface area contributed by atoms with Gasteiger partial charge in [0, 0.05) is 12.6 Å². The molecule has 5 N–H and O–H groups in total. The number of carbonyl (C=O) groups is 1. The van der Waals surface area contributed by atoms with Gasteiger partial charge in [-0.2, -0.15) is 0 Å². The van der Waals surface area contributed by atoms with Gasteiger partial charge in [0.2, 0.25) is 0 Å². The zero-order chi connectivity index (χ0) is 8.15. The van der Waals surface area contributed by atoms with Gasteiger partial charge in [0.1, 0.15) is 5.78 Å². The maximum absolute atomic E-state index is 10.6. The summed E-state index contributed by atoms with van der Waals surface area (Å²) < 4.78 is 0. The van der Waals surface area contributed by atoms with Gasteiger partial charge in [-0.05, 0) is 13.3 Å². The van der Waals surface area contributed by atoms with Crippen molar-refractivity contribution in [1.29, 1.82) is 0 Å². The van der Waals surface area contributed by atoms with Crippen molar-refractivity contribution in [1.82, 2.24) is 0 Å². The topological polar surface area (TPSA) is 89.3 Å². The van der Waals surface area contributed by atoms with Crippen LogP contribution in [0.4, 0.5) is 0 Å². The van der Waals surface area contributed by atoms with Crippen molar-refractivity contribution >= 4 is 5.78 Å². The van der Waals surface area contributed by atoms with Gasteiger partial charge in [0.25, 0.3) is 0 Å². The molecule has 0 spiro atoms.